The van der Waals surface area contributed by atoms with E-state index in [0.717, 1.165) is 35.3 Å². The molecular weight excluding hydrogens is 368 g/mol. The minimum atomic E-state index is -3.35. The molecular formula is C17H28N6O3S. The fourth-order valence-electron chi connectivity index (χ4n) is 3.40. The molecule has 0 saturated carbocycles. The molecule has 3 rings (SSSR count). The Morgan fingerprint density at radius 2 is 1.56 bits per heavy atom. The van der Waals surface area contributed by atoms with Crippen LogP contribution in [0.25, 0.3) is 0 Å². The summed E-state index contributed by atoms with van der Waals surface area (Å²) >= 11 is 0. The van der Waals surface area contributed by atoms with E-state index in [1.54, 1.807) is 11.2 Å². The molecule has 0 spiro atoms. The summed E-state index contributed by atoms with van der Waals surface area (Å²) in [6, 6.07) is 2.03. The highest BCUT2D eigenvalue weighted by Crippen LogP contribution is 2.22. The third-order valence-electron chi connectivity index (χ3n) is 5.20. The summed E-state index contributed by atoms with van der Waals surface area (Å²) in [4.78, 5) is 27.3. The Labute approximate surface area is 161 Å². The number of rotatable bonds is 5. The molecule has 1 aromatic heterocycles. The van der Waals surface area contributed by atoms with Gasteiger partial charge in [-0.3, -0.25) is 4.79 Å². The third kappa shape index (κ3) is 5.07. The van der Waals surface area contributed by atoms with Crippen molar-refractivity contribution in [2.75, 3.05) is 68.9 Å². The van der Waals surface area contributed by atoms with Crippen LogP contribution in [0.2, 0.25) is 0 Å². The maximum absolute atomic E-state index is 12.3. The number of aromatic nitrogens is 2. The van der Waals surface area contributed by atoms with E-state index in [4.69, 9.17) is 0 Å². The van der Waals surface area contributed by atoms with Crippen molar-refractivity contribution in [3.8, 4) is 0 Å². The Morgan fingerprint density at radius 3 is 2.11 bits per heavy atom. The number of piperazine rings is 1. The summed E-state index contributed by atoms with van der Waals surface area (Å²) in [5.74, 6) is 1.68. The van der Waals surface area contributed by atoms with E-state index in [9.17, 15) is 13.2 Å². The molecule has 3 heterocycles. The van der Waals surface area contributed by atoms with Gasteiger partial charge in [-0.15, -0.1) is 0 Å². The summed E-state index contributed by atoms with van der Waals surface area (Å²) < 4.78 is 24.0. The van der Waals surface area contributed by atoms with E-state index in [1.807, 2.05) is 6.07 Å². The largest absolute Gasteiger partial charge is 0.356 e. The Bertz CT molecular complexity index is 758. The van der Waals surface area contributed by atoms with Gasteiger partial charge in [-0.25, -0.2) is 18.4 Å². The summed E-state index contributed by atoms with van der Waals surface area (Å²) in [5, 5.41) is 0. The highest BCUT2D eigenvalue weighted by molar-refractivity contribution is 7.88. The number of piperidine rings is 1. The number of carbonyl (C=O) groups is 1. The van der Waals surface area contributed by atoms with Crippen LogP contribution in [-0.2, 0) is 14.8 Å². The van der Waals surface area contributed by atoms with Crippen LogP contribution in [0.3, 0.4) is 0 Å². The van der Waals surface area contributed by atoms with Gasteiger partial charge in [0.1, 0.15) is 18.0 Å². The standard InChI is InChI=1S/C17H28N6O3S/c1-20(27(2,25)26)13-17(24)23-10-8-22(9-11-23)16-12-15(18-14-19-16)21-6-4-3-5-7-21/h12,14H,3-11,13H2,1-2H3. The van der Waals surface area contributed by atoms with Crippen LogP contribution < -0.4 is 9.80 Å². The molecule has 0 N–H and O–H groups in total. The van der Waals surface area contributed by atoms with Crippen molar-refractivity contribution in [2.45, 2.75) is 19.3 Å². The number of anilines is 2. The van der Waals surface area contributed by atoms with Crippen LogP contribution in [0.4, 0.5) is 11.6 Å². The van der Waals surface area contributed by atoms with E-state index in [2.05, 4.69) is 19.8 Å². The van der Waals surface area contributed by atoms with E-state index < -0.39 is 10.0 Å². The lowest BCUT2D eigenvalue weighted by Crippen LogP contribution is -2.51. The van der Waals surface area contributed by atoms with Gasteiger partial charge in [0, 0.05) is 52.4 Å². The highest BCUT2D eigenvalue weighted by atomic mass is 32.2. The number of nitrogens with zero attached hydrogens (tertiary/aromatic N) is 6. The Hall–Kier alpha value is -1.94. The molecule has 0 radical (unpaired) electrons. The van der Waals surface area contributed by atoms with Gasteiger partial charge >= 0.3 is 0 Å². The summed E-state index contributed by atoms with van der Waals surface area (Å²) in [7, 11) is -1.93. The molecule has 0 aromatic carbocycles. The topological polar surface area (TPSA) is 90.0 Å². The zero-order chi connectivity index (χ0) is 19.4. The fraction of sp³-hybridized carbons (Fsp3) is 0.706. The minimum Gasteiger partial charge on any atom is -0.356 e. The molecule has 27 heavy (non-hydrogen) atoms. The Balaban J connectivity index is 1.57. The van der Waals surface area contributed by atoms with Crippen molar-refractivity contribution >= 4 is 27.6 Å². The summed E-state index contributed by atoms with van der Waals surface area (Å²) in [6.07, 6.45) is 6.38. The first-order valence-electron chi connectivity index (χ1n) is 9.35. The minimum absolute atomic E-state index is 0.120. The van der Waals surface area contributed by atoms with Crippen molar-refractivity contribution in [1.29, 1.82) is 0 Å². The monoisotopic (exact) mass is 396 g/mol. The first-order valence-corrected chi connectivity index (χ1v) is 11.2. The molecule has 2 aliphatic rings. The normalized spacial score (nSPS) is 18.9. The number of hydrogen-bond acceptors (Lipinski definition) is 7. The van der Waals surface area contributed by atoms with Crippen LogP contribution >= 0.6 is 0 Å². The van der Waals surface area contributed by atoms with Crippen molar-refractivity contribution in [3.05, 3.63) is 12.4 Å². The zero-order valence-corrected chi connectivity index (χ0v) is 16.9. The van der Waals surface area contributed by atoms with E-state index in [-0.39, 0.29) is 12.5 Å². The Kier molecular flexibility index (Phi) is 6.15. The first kappa shape index (κ1) is 19.8. The first-order chi connectivity index (χ1) is 12.8. The van der Waals surface area contributed by atoms with Gasteiger partial charge in [-0.2, -0.15) is 4.31 Å². The van der Waals surface area contributed by atoms with Gasteiger partial charge in [0.15, 0.2) is 0 Å². The van der Waals surface area contributed by atoms with Gasteiger partial charge in [0.25, 0.3) is 0 Å². The lowest BCUT2D eigenvalue weighted by molar-refractivity contribution is -0.131. The number of sulfonamides is 1. The van der Waals surface area contributed by atoms with Gasteiger partial charge in [-0.1, -0.05) is 0 Å². The summed E-state index contributed by atoms with van der Waals surface area (Å²) in [5.41, 5.74) is 0. The maximum atomic E-state index is 12.3. The molecule has 9 nitrogen and oxygen atoms in total. The zero-order valence-electron chi connectivity index (χ0n) is 16.0. The number of amides is 1. The molecule has 1 aromatic rings. The number of hydrogen-bond donors (Lipinski definition) is 0. The second kappa shape index (κ2) is 8.39. The average Bonchev–Trinajstić information content (AvgIpc) is 2.68. The van der Waals surface area contributed by atoms with Crippen LogP contribution in [0.5, 0.6) is 0 Å². The van der Waals surface area contributed by atoms with Crippen molar-refractivity contribution in [2.24, 2.45) is 0 Å². The summed E-state index contributed by atoms with van der Waals surface area (Å²) in [6.45, 7) is 4.40. The molecule has 2 saturated heterocycles. The molecule has 0 aliphatic carbocycles. The van der Waals surface area contributed by atoms with E-state index >= 15 is 0 Å². The lowest BCUT2D eigenvalue weighted by Gasteiger charge is -2.36. The van der Waals surface area contributed by atoms with Gasteiger partial charge in [0.05, 0.1) is 12.8 Å². The van der Waals surface area contributed by atoms with Gasteiger partial charge < -0.3 is 14.7 Å². The fourth-order valence-corrected chi connectivity index (χ4v) is 3.74. The predicted octanol–water partition coefficient (Wildman–Crippen LogP) is 0.00690. The van der Waals surface area contributed by atoms with E-state index in [0.29, 0.717) is 26.2 Å². The van der Waals surface area contributed by atoms with Gasteiger partial charge in [-0.05, 0) is 19.3 Å². The van der Waals surface area contributed by atoms with Crippen molar-refractivity contribution in [1.82, 2.24) is 19.2 Å². The second-order valence-electron chi connectivity index (χ2n) is 7.17. The highest BCUT2D eigenvalue weighted by Gasteiger charge is 2.25. The SMILES string of the molecule is CN(CC(=O)N1CCN(c2cc(N3CCCCC3)ncn2)CC1)S(C)(=O)=O. The molecule has 2 aliphatic heterocycles. The number of likely N-dealkylation sites (N-methyl/N-ethyl adjacent to an activating group) is 1. The average molecular weight is 397 g/mol. The number of carbonyl (C=O) groups excluding carboxylic acids is 1. The molecule has 0 bridgehead atoms. The third-order valence-corrected chi connectivity index (χ3v) is 6.46. The van der Waals surface area contributed by atoms with Crippen molar-refractivity contribution < 1.29 is 13.2 Å². The molecule has 150 valence electrons. The molecule has 0 unspecified atom stereocenters. The lowest BCUT2D eigenvalue weighted by atomic mass is 10.1. The van der Waals surface area contributed by atoms with E-state index in [1.165, 1.54) is 26.3 Å². The van der Waals surface area contributed by atoms with Crippen LogP contribution in [0.1, 0.15) is 19.3 Å². The predicted molar refractivity (Wildman–Crippen MR) is 104 cm³/mol. The molecule has 2 fully saturated rings. The maximum Gasteiger partial charge on any atom is 0.238 e. The second-order valence-corrected chi connectivity index (χ2v) is 9.26. The van der Waals surface area contributed by atoms with Gasteiger partial charge in [0.2, 0.25) is 15.9 Å². The smallest absolute Gasteiger partial charge is 0.238 e. The Morgan fingerprint density at radius 1 is 1.00 bits per heavy atom. The molecule has 0 atom stereocenters. The molecule has 10 heteroatoms. The van der Waals surface area contributed by atoms with Crippen LogP contribution in [0, 0.1) is 0 Å². The quantitative estimate of drug-likeness (QED) is 0.692. The molecule has 1 amide bonds. The van der Waals surface area contributed by atoms with Crippen LogP contribution in [0.15, 0.2) is 12.4 Å². The van der Waals surface area contributed by atoms with Crippen molar-refractivity contribution in [3.63, 3.8) is 0 Å². The van der Waals surface area contributed by atoms with Crippen LogP contribution in [-0.4, -0.2) is 92.6 Å².